The second-order valence-electron chi connectivity index (χ2n) is 3.73. The molecule has 0 heterocycles. The molecular weight excluding hydrogens is 266 g/mol. The fourth-order valence-corrected chi connectivity index (χ4v) is 2.05. The molecule has 102 valence electrons. The summed E-state index contributed by atoms with van der Waals surface area (Å²) in [7, 11) is 1.54. The van der Waals surface area contributed by atoms with Crippen molar-refractivity contribution in [3.63, 3.8) is 0 Å². The number of rotatable bonds is 6. The number of carbonyl (C=O) groups excluding carboxylic acids is 1. The average Bonchev–Trinajstić information content (AvgIpc) is 2.38. The smallest absolute Gasteiger partial charge is 0.321 e. The quantitative estimate of drug-likeness (QED) is 0.682. The van der Waals surface area contributed by atoms with Crippen LogP contribution in [0.15, 0.2) is 30.3 Å². The number of benzene rings is 1. The van der Waals surface area contributed by atoms with Crippen molar-refractivity contribution in [2.45, 2.75) is 6.04 Å². The van der Waals surface area contributed by atoms with Gasteiger partial charge in [0.15, 0.2) is 0 Å². The van der Waals surface area contributed by atoms with E-state index in [9.17, 15) is 9.59 Å². The van der Waals surface area contributed by atoms with Crippen LogP contribution < -0.4 is 5.32 Å². The minimum absolute atomic E-state index is 0.163. The third-order valence-electron chi connectivity index (χ3n) is 2.34. The van der Waals surface area contributed by atoms with E-state index in [4.69, 9.17) is 10.2 Å². The Morgan fingerprint density at radius 2 is 2.00 bits per heavy atom. The molecule has 6 heteroatoms. The highest BCUT2D eigenvalue weighted by Gasteiger charge is 2.15. The van der Waals surface area contributed by atoms with Crippen LogP contribution in [-0.4, -0.2) is 40.1 Å². The highest BCUT2D eigenvalue weighted by atomic mass is 32.2. The Labute approximate surface area is 115 Å². The molecular formula is C13H15NO4S. The van der Waals surface area contributed by atoms with Crippen LogP contribution in [0.2, 0.25) is 0 Å². The highest BCUT2D eigenvalue weighted by molar-refractivity contribution is 8.14. The summed E-state index contributed by atoms with van der Waals surface area (Å²) in [6.45, 7) is 0. The van der Waals surface area contributed by atoms with Gasteiger partial charge in [-0.2, -0.15) is 0 Å². The molecule has 0 bridgehead atoms. The van der Waals surface area contributed by atoms with E-state index in [1.54, 1.807) is 18.2 Å². The lowest BCUT2D eigenvalue weighted by molar-refractivity contribution is -0.138. The van der Waals surface area contributed by atoms with Crippen molar-refractivity contribution in [1.29, 1.82) is 0 Å². The van der Waals surface area contributed by atoms with Crippen molar-refractivity contribution in [1.82, 2.24) is 5.32 Å². The minimum atomic E-state index is -0.981. The van der Waals surface area contributed by atoms with E-state index in [1.807, 2.05) is 0 Å². The number of phenols is 1. The van der Waals surface area contributed by atoms with Crippen LogP contribution in [0, 0.1) is 0 Å². The van der Waals surface area contributed by atoms with Gasteiger partial charge in [-0.1, -0.05) is 30.0 Å². The Balaban J connectivity index is 2.47. The molecule has 0 saturated heterocycles. The number of carboxylic acids is 1. The van der Waals surface area contributed by atoms with E-state index < -0.39 is 12.0 Å². The molecule has 0 radical (unpaired) electrons. The predicted octanol–water partition coefficient (Wildman–Crippen LogP) is 1.34. The number of aliphatic carboxylic acids is 1. The van der Waals surface area contributed by atoms with E-state index in [-0.39, 0.29) is 16.6 Å². The molecule has 3 N–H and O–H groups in total. The Bertz CT molecular complexity index is 470. The maximum atomic E-state index is 11.5. The third-order valence-corrected chi connectivity index (χ3v) is 3.26. The Hall–Kier alpha value is -1.79. The summed E-state index contributed by atoms with van der Waals surface area (Å²) in [6.07, 6.45) is 3.00. The van der Waals surface area contributed by atoms with Gasteiger partial charge in [0.1, 0.15) is 11.8 Å². The number of carbonyl (C=O) groups is 2. The van der Waals surface area contributed by atoms with Crippen molar-refractivity contribution in [2.24, 2.45) is 0 Å². The maximum absolute atomic E-state index is 11.5. The first-order chi connectivity index (χ1) is 9.02. The van der Waals surface area contributed by atoms with Crippen LogP contribution >= 0.6 is 11.8 Å². The standard InChI is InChI=1S/C13H15NO4S/c1-14-11(13(17)18)8-19-12(16)7-4-9-2-5-10(15)6-3-9/h2-7,11,14-15H,8H2,1H3,(H,17,18)/b7-4+/t11-/m0/s1. The predicted molar refractivity (Wildman–Crippen MR) is 75.1 cm³/mol. The van der Waals surface area contributed by atoms with Crippen molar-refractivity contribution >= 4 is 28.9 Å². The molecule has 19 heavy (non-hydrogen) atoms. The molecule has 1 rings (SSSR count). The second kappa shape index (κ2) is 7.60. The van der Waals surface area contributed by atoms with Crippen LogP contribution in [0.3, 0.4) is 0 Å². The normalized spacial score (nSPS) is 12.5. The molecule has 0 aliphatic rings. The Morgan fingerprint density at radius 3 is 2.53 bits per heavy atom. The molecule has 0 aliphatic carbocycles. The monoisotopic (exact) mass is 281 g/mol. The number of likely N-dealkylation sites (N-methyl/N-ethyl adjacent to an activating group) is 1. The van der Waals surface area contributed by atoms with Gasteiger partial charge in [0.05, 0.1) is 0 Å². The van der Waals surface area contributed by atoms with Gasteiger partial charge >= 0.3 is 5.97 Å². The van der Waals surface area contributed by atoms with Gasteiger partial charge in [0.2, 0.25) is 5.12 Å². The summed E-state index contributed by atoms with van der Waals surface area (Å²) < 4.78 is 0. The summed E-state index contributed by atoms with van der Waals surface area (Å²) >= 11 is 0.941. The summed E-state index contributed by atoms with van der Waals surface area (Å²) in [5.74, 6) is -0.647. The largest absolute Gasteiger partial charge is 0.508 e. The summed E-state index contributed by atoms with van der Waals surface area (Å²) in [6, 6.07) is 5.67. The van der Waals surface area contributed by atoms with Gasteiger partial charge in [0, 0.05) is 5.75 Å². The van der Waals surface area contributed by atoms with Crippen LogP contribution in [0.25, 0.3) is 6.08 Å². The second-order valence-corrected chi connectivity index (χ2v) is 4.76. The summed E-state index contributed by atoms with van der Waals surface area (Å²) in [5.41, 5.74) is 0.787. The Kier molecular flexibility index (Phi) is 6.11. The molecule has 5 nitrogen and oxygen atoms in total. The lowest BCUT2D eigenvalue weighted by Gasteiger charge is -2.08. The number of carboxylic acid groups (broad SMARTS) is 1. The number of hydrogen-bond acceptors (Lipinski definition) is 5. The van der Waals surface area contributed by atoms with Gasteiger partial charge in [-0.25, -0.2) is 0 Å². The fourth-order valence-electron chi connectivity index (χ4n) is 1.24. The van der Waals surface area contributed by atoms with Gasteiger partial charge < -0.3 is 15.5 Å². The molecule has 0 spiro atoms. The average molecular weight is 281 g/mol. The van der Waals surface area contributed by atoms with E-state index in [0.717, 1.165) is 17.3 Å². The molecule has 0 fully saturated rings. The first kappa shape index (κ1) is 15.3. The minimum Gasteiger partial charge on any atom is -0.508 e. The lowest BCUT2D eigenvalue weighted by atomic mass is 10.2. The number of hydrogen-bond donors (Lipinski definition) is 3. The zero-order valence-electron chi connectivity index (χ0n) is 10.4. The summed E-state index contributed by atoms with van der Waals surface area (Å²) in [5, 5.41) is 20.3. The molecule has 1 aromatic rings. The van der Waals surface area contributed by atoms with Crippen LogP contribution in [0.4, 0.5) is 0 Å². The van der Waals surface area contributed by atoms with E-state index in [1.165, 1.54) is 25.3 Å². The van der Waals surface area contributed by atoms with Crippen LogP contribution in [0.5, 0.6) is 5.75 Å². The molecule has 0 amide bonds. The van der Waals surface area contributed by atoms with Gasteiger partial charge in [-0.15, -0.1) is 0 Å². The zero-order valence-corrected chi connectivity index (χ0v) is 11.2. The van der Waals surface area contributed by atoms with E-state index >= 15 is 0 Å². The topological polar surface area (TPSA) is 86.6 Å². The number of aromatic hydroxyl groups is 1. The number of nitrogens with one attached hydrogen (secondary N) is 1. The highest BCUT2D eigenvalue weighted by Crippen LogP contribution is 2.12. The Morgan fingerprint density at radius 1 is 1.37 bits per heavy atom. The number of phenolic OH excluding ortho intramolecular Hbond substituents is 1. The van der Waals surface area contributed by atoms with E-state index in [2.05, 4.69) is 5.32 Å². The van der Waals surface area contributed by atoms with Crippen LogP contribution in [-0.2, 0) is 9.59 Å². The van der Waals surface area contributed by atoms with Gasteiger partial charge in [0.25, 0.3) is 0 Å². The molecule has 0 saturated carbocycles. The first-order valence-corrected chi connectivity index (χ1v) is 6.55. The zero-order chi connectivity index (χ0) is 14.3. The van der Waals surface area contributed by atoms with Gasteiger partial charge in [-0.3, -0.25) is 9.59 Å². The van der Waals surface area contributed by atoms with Crippen molar-refractivity contribution in [2.75, 3.05) is 12.8 Å². The van der Waals surface area contributed by atoms with Crippen LogP contribution in [0.1, 0.15) is 5.56 Å². The fraction of sp³-hybridized carbons (Fsp3) is 0.231. The molecule has 0 aromatic heterocycles. The summed E-state index contributed by atoms with van der Waals surface area (Å²) in [4.78, 5) is 22.3. The molecule has 0 unspecified atom stereocenters. The van der Waals surface area contributed by atoms with Crippen molar-refractivity contribution in [3.05, 3.63) is 35.9 Å². The first-order valence-electron chi connectivity index (χ1n) is 5.57. The van der Waals surface area contributed by atoms with Crippen molar-refractivity contribution < 1.29 is 19.8 Å². The third kappa shape index (κ3) is 5.58. The van der Waals surface area contributed by atoms with Gasteiger partial charge in [-0.05, 0) is 30.8 Å². The SMILES string of the molecule is CN[C@@H](CSC(=O)/C=C/c1ccc(O)cc1)C(=O)O. The lowest BCUT2D eigenvalue weighted by Crippen LogP contribution is -2.36. The van der Waals surface area contributed by atoms with E-state index in [0.29, 0.717) is 0 Å². The molecule has 1 aromatic carbocycles. The number of thioether (sulfide) groups is 1. The molecule has 0 aliphatic heterocycles. The van der Waals surface area contributed by atoms with Crippen molar-refractivity contribution in [3.8, 4) is 5.75 Å². The maximum Gasteiger partial charge on any atom is 0.321 e. The molecule has 1 atom stereocenters.